The predicted molar refractivity (Wildman–Crippen MR) is 39.3 cm³/mol. The number of hydrogen-bond donors (Lipinski definition) is 1. The van der Waals surface area contributed by atoms with Crippen LogP contribution in [0, 0.1) is 0 Å². The fourth-order valence-corrected chi connectivity index (χ4v) is 0.446. The molecule has 2 heteroatoms. The average Bonchev–Trinajstić information content (AvgIpc) is 1.89. The summed E-state index contributed by atoms with van der Waals surface area (Å²) >= 11 is 0. The van der Waals surface area contributed by atoms with Crippen molar-refractivity contribution in [1.82, 2.24) is 5.32 Å². The SMILES string of the molecule is CC/C=C\NCCOC. The summed E-state index contributed by atoms with van der Waals surface area (Å²) in [7, 11) is 1.70. The first-order chi connectivity index (χ1) is 4.41. The Morgan fingerprint density at radius 3 is 2.89 bits per heavy atom. The molecule has 0 rings (SSSR count). The fraction of sp³-hybridized carbons (Fsp3) is 0.714. The molecular formula is C7H15NO. The highest BCUT2D eigenvalue weighted by atomic mass is 16.5. The zero-order valence-corrected chi connectivity index (χ0v) is 6.18. The first-order valence-electron chi connectivity index (χ1n) is 3.29. The van der Waals surface area contributed by atoms with E-state index in [1.54, 1.807) is 7.11 Å². The Kier molecular flexibility index (Phi) is 7.08. The van der Waals surface area contributed by atoms with Gasteiger partial charge < -0.3 is 10.1 Å². The highest BCUT2D eigenvalue weighted by Crippen LogP contribution is 1.74. The molecule has 0 aromatic heterocycles. The van der Waals surface area contributed by atoms with Gasteiger partial charge in [0, 0.05) is 13.7 Å². The van der Waals surface area contributed by atoms with E-state index >= 15 is 0 Å². The second kappa shape index (κ2) is 7.50. The lowest BCUT2D eigenvalue weighted by Gasteiger charge is -1.96. The predicted octanol–water partition coefficient (Wildman–Crippen LogP) is 1.15. The van der Waals surface area contributed by atoms with Crippen LogP contribution in [0.3, 0.4) is 0 Å². The summed E-state index contributed by atoms with van der Waals surface area (Å²) in [6.45, 7) is 3.77. The Bertz CT molecular complexity index is 71.3. The van der Waals surface area contributed by atoms with Gasteiger partial charge in [-0.05, 0) is 12.6 Å². The minimum absolute atomic E-state index is 0.772. The zero-order chi connectivity index (χ0) is 6.95. The second-order valence-corrected chi connectivity index (χ2v) is 1.76. The molecule has 9 heavy (non-hydrogen) atoms. The molecule has 0 aliphatic heterocycles. The van der Waals surface area contributed by atoms with Crippen molar-refractivity contribution in [2.24, 2.45) is 0 Å². The Hall–Kier alpha value is -0.500. The molecule has 0 heterocycles. The maximum absolute atomic E-state index is 4.83. The topological polar surface area (TPSA) is 21.3 Å². The van der Waals surface area contributed by atoms with Crippen molar-refractivity contribution >= 4 is 0 Å². The lowest BCUT2D eigenvalue weighted by atomic mass is 10.5. The molecule has 0 unspecified atom stereocenters. The molecule has 0 radical (unpaired) electrons. The van der Waals surface area contributed by atoms with Crippen molar-refractivity contribution in [2.45, 2.75) is 13.3 Å². The smallest absolute Gasteiger partial charge is 0.0635 e. The molecule has 0 aromatic carbocycles. The van der Waals surface area contributed by atoms with Crippen LogP contribution in [-0.4, -0.2) is 20.3 Å². The average molecular weight is 129 g/mol. The Balaban J connectivity index is 2.82. The van der Waals surface area contributed by atoms with Crippen molar-refractivity contribution in [3.8, 4) is 0 Å². The summed E-state index contributed by atoms with van der Waals surface area (Å²) in [6.07, 6.45) is 5.12. The van der Waals surface area contributed by atoms with E-state index in [9.17, 15) is 0 Å². The van der Waals surface area contributed by atoms with Crippen LogP contribution >= 0.6 is 0 Å². The minimum Gasteiger partial charge on any atom is -0.389 e. The summed E-state index contributed by atoms with van der Waals surface area (Å²) in [5, 5.41) is 3.08. The minimum atomic E-state index is 0.772. The van der Waals surface area contributed by atoms with Crippen molar-refractivity contribution < 1.29 is 4.74 Å². The van der Waals surface area contributed by atoms with Crippen LogP contribution in [0.15, 0.2) is 12.3 Å². The third kappa shape index (κ3) is 7.50. The van der Waals surface area contributed by atoms with Crippen molar-refractivity contribution in [1.29, 1.82) is 0 Å². The van der Waals surface area contributed by atoms with Crippen LogP contribution in [0.4, 0.5) is 0 Å². The lowest BCUT2D eigenvalue weighted by molar-refractivity contribution is 0.203. The van der Waals surface area contributed by atoms with Gasteiger partial charge in [-0.3, -0.25) is 0 Å². The monoisotopic (exact) mass is 129 g/mol. The van der Waals surface area contributed by atoms with Gasteiger partial charge in [-0.1, -0.05) is 13.0 Å². The van der Waals surface area contributed by atoms with E-state index in [1.165, 1.54) is 0 Å². The van der Waals surface area contributed by atoms with Gasteiger partial charge in [0.2, 0.25) is 0 Å². The molecule has 0 amide bonds. The molecule has 0 fully saturated rings. The fourth-order valence-electron chi connectivity index (χ4n) is 0.446. The number of nitrogens with one attached hydrogen (secondary N) is 1. The number of hydrogen-bond acceptors (Lipinski definition) is 2. The van der Waals surface area contributed by atoms with E-state index in [2.05, 4.69) is 18.3 Å². The molecule has 2 nitrogen and oxygen atoms in total. The van der Waals surface area contributed by atoms with Gasteiger partial charge in [-0.15, -0.1) is 0 Å². The summed E-state index contributed by atoms with van der Waals surface area (Å²) in [4.78, 5) is 0. The number of rotatable bonds is 5. The van der Waals surface area contributed by atoms with Crippen molar-refractivity contribution in [3.63, 3.8) is 0 Å². The second-order valence-electron chi connectivity index (χ2n) is 1.76. The molecular weight excluding hydrogens is 114 g/mol. The van der Waals surface area contributed by atoms with Crippen molar-refractivity contribution in [2.75, 3.05) is 20.3 Å². The molecule has 0 saturated carbocycles. The molecule has 0 saturated heterocycles. The maximum atomic E-state index is 4.83. The molecule has 0 aromatic rings. The molecule has 0 aliphatic carbocycles. The lowest BCUT2D eigenvalue weighted by Crippen LogP contribution is -2.11. The number of ether oxygens (including phenoxy) is 1. The van der Waals surface area contributed by atoms with Crippen LogP contribution in [0.2, 0.25) is 0 Å². The van der Waals surface area contributed by atoms with Crippen LogP contribution < -0.4 is 5.32 Å². The van der Waals surface area contributed by atoms with Crippen LogP contribution in [0.25, 0.3) is 0 Å². The van der Waals surface area contributed by atoms with Gasteiger partial charge in [-0.25, -0.2) is 0 Å². The molecule has 0 aliphatic rings. The Morgan fingerprint density at radius 1 is 1.56 bits per heavy atom. The first-order valence-corrected chi connectivity index (χ1v) is 3.29. The molecule has 54 valence electrons. The number of allylic oxidation sites excluding steroid dienone is 1. The molecule has 0 spiro atoms. The highest BCUT2D eigenvalue weighted by molar-refractivity contribution is 4.76. The summed E-state index contributed by atoms with van der Waals surface area (Å²) in [6, 6.07) is 0. The van der Waals surface area contributed by atoms with E-state index in [-0.39, 0.29) is 0 Å². The first kappa shape index (κ1) is 8.50. The molecule has 0 bridgehead atoms. The highest BCUT2D eigenvalue weighted by Gasteiger charge is 1.75. The maximum Gasteiger partial charge on any atom is 0.0635 e. The number of methoxy groups -OCH3 is 1. The summed E-state index contributed by atoms with van der Waals surface area (Å²) in [5.74, 6) is 0. The third-order valence-corrected chi connectivity index (χ3v) is 0.922. The normalized spacial score (nSPS) is 10.4. The quantitative estimate of drug-likeness (QED) is 0.562. The van der Waals surface area contributed by atoms with Gasteiger partial charge in [-0.2, -0.15) is 0 Å². The van der Waals surface area contributed by atoms with Gasteiger partial charge in [0.25, 0.3) is 0 Å². The summed E-state index contributed by atoms with van der Waals surface area (Å²) in [5.41, 5.74) is 0. The van der Waals surface area contributed by atoms with Gasteiger partial charge in [0.05, 0.1) is 6.61 Å². The molecule has 1 N–H and O–H groups in total. The Labute approximate surface area is 56.9 Å². The van der Waals surface area contributed by atoms with E-state index in [4.69, 9.17) is 4.74 Å². The van der Waals surface area contributed by atoms with E-state index < -0.39 is 0 Å². The van der Waals surface area contributed by atoms with E-state index in [0.717, 1.165) is 19.6 Å². The Morgan fingerprint density at radius 2 is 2.33 bits per heavy atom. The van der Waals surface area contributed by atoms with Crippen LogP contribution in [0.5, 0.6) is 0 Å². The molecule has 0 atom stereocenters. The summed E-state index contributed by atoms with van der Waals surface area (Å²) < 4.78 is 4.83. The van der Waals surface area contributed by atoms with Crippen LogP contribution in [-0.2, 0) is 4.74 Å². The van der Waals surface area contributed by atoms with Crippen LogP contribution in [0.1, 0.15) is 13.3 Å². The zero-order valence-electron chi connectivity index (χ0n) is 6.18. The largest absolute Gasteiger partial charge is 0.389 e. The van der Waals surface area contributed by atoms with Gasteiger partial charge in [0.15, 0.2) is 0 Å². The standard InChI is InChI=1S/C7H15NO/c1-3-4-5-8-6-7-9-2/h4-5,8H,3,6-7H2,1-2H3/b5-4-. The van der Waals surface area contributed by atoms with Gasteiger partial charge in [0.1, 0.15) is 0 Å². The van der Waals surface area contributed by atoms with E-state index in [0.29, 0.717) is 0 Å². The van der Waals surface area contributed by atoms with E-state index in [1.807, 2.05) is 6.20 Å². The van der Waals surface area contributed by atoms with Crippen molar-refractivity contribution in [3.05, 3.63) is 12.3 Å². The third-order valence-electron chi connectivity index (χ3n) is 0.922. The van der Waals surface area contributed by atoms with Gasteiger partial charge >= 0.3 is 0 Å².